The van der Waals surface area contributed by atoms with Gasteiger partial charge in [-0.3, -0.25) is 4.79 Å². The highest BCUT2D eigenvalue weighted by atomic mass is 35.5. The predicted octanol–water partition coefficient (Wildman–Crippen LogP) is 3.42. The lowest BCUT2D eigenvalue weighted by molar-refractivity contribution is 0.0525. The van der Waals surface area contributed by atoms with Gasteiger partial charge in [0.25, 0.3) is 5.91 Å². The van der Waals surface area contributed by atoms with E-state index < -0.39 is 5.97 Å². The second kappa shape index (κ2) is 8.05. The molecule has 1 N–H and O–H groups in total. The molecule has 0 unspecified atom stereocenters. The number of amides is 1. The topological polar surface area (TPSA) is 65.6 Å². The van der Waals surface area contributed by atoms with E-state index in [-0.39, 0.29) is 5.91 Å². The van der Waals surface area contributed by atoms with Gasteiger partial charge in [-0.25, -0.2) is 4.79 Å². The van der Waals surface area contributed by atoms with Crippen LogP contribution >= 0.6 is 11.6 Å². The summed E-state index contributed by atoms with van der Waals surface area (Å²) in [6.45, 7) is 8.37. The molecule has 0 bridgehead atoms. The Balaban J connectivity index is 1.70. The molecule has 1 aromatic carbocycles. The smallest absolute Gasteiger partial charge is 0.340 e. The molecule has 0 radical (unpaired) electrons. The zero-order valence-electron chi connectivity index (χ0n) is 15.8. The third-order valence-corrected chi connectivity index (χ3v) is 5.14. The summed E-state index contributed by atoms with van der Waals surface area (Å²) in [6.07, 6.45) is 0. The Kier molecular flexibility index (Phi) is 5.75. The van der Waals surface area contributed by atoms with Gasteiger partial charge >= 0.3 is 5.97 Å². The molecule has 0 saturated carbocycles. The molecule has 2 aromatic rings. The first-order chi connectivity index (χ1) is 12.9. The van der Waals surface area contributed by atoms with Crippen molar-refractivity contribution in [1.82, 2.24) is 9.88 Å². The summed E-state index contributed by atoms with van der Waals surface area (Å²) in [5.41, 5.74) is 3.34. The largest absolute Gasteiger partial charge is 0.462 e. The van der Waals surface area contributed by atoms with E-state index in [9.17, 15) is 9.59 Å². The van der Waals surface area contributed by atoms with E-state index in [4.69, 9.17) is 16.3 Å². The number of aromatic nitrogens is 1. The number of halogens is 1. The van der Waals surface area contributed by atoms with Gasteiger partial charge in [-0.1, -0.05) is 11.6 Å². The van der Waals surface area contributed by atoms with Crippen LogP contribution in [0.2, 0.25) is 5.02 Å². The molecule has 1 amide bonds. The normalized spacial score (nSPS) is 14.4. The van der Waals surface area contributed by atoms with E-state index >= 15 is 0 Å². The number of nitrogens with one attached hydrogen (secondary N) is 1. The monoisotopic (exact) mass is 389 g/mol. The van der Waals surface area contributed by atoms with Crippen molar-refractivity contribution in [3.05, 3.63) is 51.8 Å². The Morgan fingerprint density at radius 3 is 2.33 bits per heavy atom. The van der Waals surface area contributed by atoms with Crippen LogP contribution in [0.3, 0.4) is 0 Å². The quantitative estimate of drug-likeness (QED) is 0.813. The number of anilines is 1. The van der Waals surface area contributed by atoms with Crippen molar-refractivity contribution in [2.75, 3.05) is 37.7 Å². The number of H-pyrrole nitrogens is 1. The van der Waals surface area contributed by atoms with Crippen molar-refractivity contribution in [3.63, 3.8) is 0 Å². The average Bonchev–Trinajstić information content (AvgIpc) is 2.96. The molecule has 1 aromatic heterocycles. The van der Waals surface area contributed by atoms with Gasteiger partial charge in [-0.2, -0.15) is 0 Å². The van der Waals surface area contributed by atoms with E-state index in [1.165, 1.54) is 0 Å². The number of piperazine rings is 1. The van der Waals surface area contributed by atoms with Gasteiger partial charge < -0.3 is 19.5 Å². The first-order valence-electron chi connectivity index (χ1n) is 9.08. The molecule has 2 heterocycles. The minimum absolute atomic E-state index is 0.0816. The highest BCUT2D eigenvalue weighted by Crippen LogP contribution is 2.23. The van der Waals surface area contributed by atoms with Gasteiger partial charge in [0.2, 0.25) is 0 Å². The van der Waals surface area contributed by atoms with Gasteiger partial charge in [0.05, 0.1) is 12.2 Å². The molecule has 1 saturated heterocycles. The lowest BCUT2D eigenvalue weighted by atomic mass is 10.1. The van der Waals surface area contributed by atoms with E-state index in [0.29, 0.717) is 47.2 Å². The van der Waals surface area contributed by atoms with E-state index in [1.54, 1.807) is 20.8 Å². The van der Waals surface area contributed by atoms with Crippen molar-refractivity contribution in [2.24, 2.45) is 0 Å². The summed E-state index contributed by atoms with van der Waals surface area (Å²) < 4.78 is 5.10. The van der Waals surface area contributed by atoms with Gasteiger partial charge in [0, 0.05) is 42.6 Å². The van der Waals surface area contributed by atoms with Crippen molar-refractivity contribution < 1.29 is 14.3 Å². The van der Waals surface area contributed by atoms with Crippen LogP contribution in [-0.2, 0) is 4.74 Å². The molecule has 7 heteroatoms. The molecular weight excluding hydrogens is 366 g/mol. The standard InChI is InChI=1S/C20H24ClN3O3/c1-4-27-20(26)17-13(2)18(22-14(17)3)19(25)24-11-9-23(10-12-24)16-7-5-15(21)6-8-16/h5-8,22H,4,9-12H2,1-3H3. The number of hydrogen-bond acceptors (Lipinski definition) is 4. The fourth-order valence-electron chi connectivity index (χ4n) is 3.45. The molecule has 1 fully saturated rings. The number of ether oxygens (including phenoxy) is 1. The molecule has 0 atom stereocenters. The first kappa shape index (κ1) is 19.3. The summed E-state index contributed by atoms with van der Waals surface area (Å²) >= 11 is 5.95. The van der Waals surface area contributed by atoms with Gasteiger partial charge in [-0.15, -0.1) is 0 Å². The van der Waals surface area contributed by atoms with Crippen LogP contribution in [0.5, 0.6) is 0 Å². The van der Waals surface area contributed by atoms with Crippen LogP contribution in [0.4, 0.5) is 5.69 Å². The minimum atomic E-state index is -0.393. The van der Waals surface area contributed by atoms with Crippen LogP contribution in [0.15, 0.2) is 24.3 Å². The summed E-state index contributed by atoms with van der Waals surface area (Å²) in [6, 6.07) is 7.72. The third kappa shape index (κ3) is 3.95. The fourth-order valence-corrected chi connectivity index (χ4v) is 3.58. The van der Waals surface area contributed by atoms with Crippen molar-refractivity contribution in [3.8, 4) is 0 Å². The molecule has 1 aliphatic rings. The predicted molar refractivity (Wildman–Crippen MR) is 106 cm³/mol. The second-order valence-electron chi connectivity index (χ2n) is 6.60. The minimum Gasteiger partial charge on any atom is -0.462 e. The second-order valence-corrected chi connectivity index (χ2v) is 7.04. The maximum absolute atomic E-state index is 13.0. The Morgan fingerprint density at radius 2 is 1.74 bits per heavy atom. The number of carbonyl (C=O) groups excluding carboxylic acids is 2. The Morgan fingerprint density at radius 1 is 1.11 bits per heavy atom. The van der Waals surface area contributed by atoms with Crippen LogP contribution in [0.25, 0.3) is 0 Å². The number of aryl methyl sites for hydroxylation is 1. The van der Waals surface area contributed by atoms with Gasteiger partial charge in [-0.05, 0) is 50.6 Å². The number of hydrogen-bond donors (Lipinski definition) is 1. The molecule has 27 heavy (non-hydrogen) atoms. The number of nitrogens with zero attached hydrogens (tertiary/aromatic N) is 2. The average molecular weight is 390 g/mol. The Hall–Kier alpha value is -2.47. The number of esters is 1. The lowest BCUT2D eigenvalue weighted by Gasteiger charge is -2.36. The molecule has 1 aliphatic heterocycles. The summed E-state index contributed by atoms with van der Waals surface area (Å²) in [5.74, 6) is -0.475. The molecule has 0 aliphatic carbocycles. The zero-order chi connectivity index (χ0) is 19.6. The number of carbonyl (C=O) groups is 2. The van der Waals surface area contributed by atoms with Crippen LogP contribution in [0, 0.1) is 13.8 Å². The van der Waals surface area contributed by atoms with E-state index in [1.807, 2.05) is 29.2 Å². The maximum atomic E-state index is 13.0. The molecule has 144 valence electrons. The SMILES string of the molecule is CCOC(=O)c1c(C)[nH]c(C(=O)N2CCN(c3ccc(Cl)cc3)CC2)c1C. The van der Waals surface area contributed by atoms with Gasteiger partial charge in [0.15, 0.2) is 0 Å². The molecular formula is C20H24ClN3O3. The van der Waals surface area contributed by atoms with Crippen LogP contribution in [0.1, 0.15) is 39.0 Å². The summed E-state index contributed by atoms with van der Waals surface area (Å²) in [5, 5.41) is 0.711. The number of aromatic amines is 1. The zero-order valence-corrected chi connectivity index (χ0v) is 16.6. The molecule has 0 spiro atoms. The first-order valence-corrected chi connectivity index (χ1v) is 9.46. The Labute approximate surface area is 164 Å². The number of rotatable bonds is 4. The van der Waals surface area contributed by atoms with Crippen molar-refractivity contribution in [2.45, 2.75) is 20.8 Å². The van der Waals surface area contributed by atoms with Crippen molar-refractivity contribution in [1.29, 1.82) is 0 Å². The van der Waals surface area contributed by atoms with Crippen molar-refractivity contribution >= 4 is 29.2 Å². The van der Waals surface area contributed by atoms with Gasteiger partial charge in [0.1, 0.15) is 5.69 Å². The highest BCUT2D eigenvalue weighted by Gasteiger charge is 2.28. The van der Waals surface area contributed by atoms with Crippen LogP contribution < -0.4 is 4.90 Å². The highest BCUT2D eigenvalue weighted by molar-refractivity contribution is 6.30. The Bertz CT molecular complexity index is 837. The lowest BCUT2D eigenvalue weighted by Crippen LogP contribution is -2.49. The summed E-state index contributed by atoms with van der Waals surface area (Å²) in [4.78, 5) is 32.2. The van der Waals surface area contributed by atoms with Crippen LogP contribution in [-0.4, -0.2) is 54.5 Å². The molecule has 6 nitrogen and oxygen atoms in total. The van der Waals surface area contributed by atoms with E-state index in [0.717, 1.165) is 18.8 Å². The van der Waals surface area contributed by atoms with E-state index in [2.05, 4.69) is 9.88 Å². The summed E-state index contributed by atoms with van der Waals surface area (Å²) in [7, 11) is 0. The number of benzene rings is 1. The maximum Gasteiger partial charge on any atom is 0.340 e. The molecule has 3 rings (SSSR count). The fraction of sp³-hybridized carbons (Fsp3) is 0.400. The third-order valence-electron chi connectivity index (χ3n) is 4.89.